The molecule has 290 valence electrons. The van der Waals surface area contributed by atoms with Crippen LogP contribution in [0.4, 0.5) is 0 Å². The van der Waals surface area contributed by atoms with Crippen molar-refractivity contribution in [1.82, 2.24) is 37.2 Å². The van der Waals surface area contributed by atoms with Crippen LogP contribution in [-0.2, 0) is 49.6 Å². The van der Waals surface area contributed by atoms with Crippen LogP contribution >= 0.6 is 0 Å². The van der Waals surface area contributed by atoms with E-state index in [2.05, 4.69) is 37.2 Å². The summed E-state index contributed by atoms with van der Waals surface area (Å²) in [4.78, 5) is 111. The van der Waals surface area contributed by atoms with E-state index in [-0.39, 0.29) is 12.3 Å². The Morgan fingerprint density at radius 1 is 0.630 bits per heavy atom. The van der Waals surface area contributed by atoms with Gasteiger partial charge in [0.15, 0.2) is 0 Å². The minimum Gasteiger partial charge on any atom is -0.480 e. The predicted octanol–water partition coefficient (Wildman–Crippen LogP) is -1.92. The molecule has 0 saturated heterocycles. The van der Waals surface area contributed by atoms with Crippen molar-refractivity contribution in [1.29, 1.82) is 0 Å². The van der Waals surface area contributed by atoms with E-state index in [1.807, 2.05) is 0 Å². The van der Waals surface area contributed by atoms with E-state index in [9.17, 15) is 48.3 Å². The maximum atomic E-state index is 13.3. The molecular weight excluding hydrogens is 704 g/mol. The highest BCUT2D eigenvalue weighted by atomic mass is 16.4. The van der Waals surface area contributed by atoms with Gasteiger partial charge in [0.05, 0.1) is 13.1 Å². The molecule has 54 heavy (non-hydrogen) atoms. The topological polar surface area (TPSA) is 284 Å². The number of benzene rings is 2. The number of hydrogen-bond acceptors (Lipinski definition) is 9. The van der Waals surface area contributed by atoms with Gasteiger partial charge in [-0.3, -0.25) is 38.4 Å². The number of primary amides is 1. The Bertz CT molecular complexity index is 1700. The van der Waals surface area contributed by atoms with Crippen LogP contribution in [0.15, 0.2) is 72.8 Å². The highest BCUT2D eigenvalue weighted by Crippen LogP contribution is 2.14. The van der Waals surface area contributed by atoms with Gasteiger partial charge in [-0.05, 0) is 30.9 Å². The summed E-state index contributed by atoms with van der Waals surface area (Å²) in [7, 11) is 0. The summed E-state index contributed by atoms with van der Waals surface area (Å²) in [5, 5.41) is 26.0. The molecule has 0 bridgehead atoms. The number of amides is 8. The van der Waals surface area contributed by atoms with Crippen molar-refractivity contribution in [3.05, 3.63) is 83.9 Å². The molecule has 0 fully saturated rings. The van der Waals surface area contributed by atoms with Crippen molar-refractivity contribution >= 4 is 53.2 Å². The molecule has 2 aromatic rings. The zero-order chi connectivity index (χ0) is 40.4. The molecule has 5 atom stereocenters. The Kier molecular flexibility index (Phi) is 17.5. The highest BCUT2D eigenvalue weighted by molar-refractivity contribution is 6.00. The number of hydrogen-bond donors (Lipinski definition) is 9. The lowest BCUT2D eigenvalue weighted by Crippen LogP contribution is -2.55. The number of nitrogens with one attached hydrogen (secondary N) is 7. The van der Waals surface area contributed by atoms with E-state index in [0.29, 0.717) is 11.1 Å². The average Bonchev–Trinajstić information content (AvgIpc) is 3.13. The van der Waals surface area contributed by atoms with Crippen LogP contribution in [0.5, 0.6) is 0 Å². The number of carbonyl (C=O) groups is 9. The minimum atomic E-state index is -1.29. The first-order valence-electron chi connectivity index (χ1n) is 16.8. The zero-order valence-electron chi connectivity index (χ0n) is 30.2. The molecule has 2 rings (SSSR count). The van der Waals surface area contributed by atoms with Crippen LogP contribution in [0, 0.1) is 5.92 Å². The fourth-order valence-electron chi connectivity index (χ4n) is 4.66. The molecule has 0 aliphatic carbocycles. The predicted molar refractivity (Wildman–Crippen MR) is 193 cm³/mol. The Morgan fingerprint density at radius 3 is 1.74 bits per heavy atom. The molecule has 0 heterocycles. The van der Waals surface area contributed by atoms with Gasteiger partial charge in [-0.2, -0.15) is 0 Å². The maximum Gasteiger partial charge on any atom is 0.326 e. The fourth-order valence-corrected chi connectivity index (χ4v) is 4.66. The van der Waals surface area contributed by atoms with Gasteiger partial charge in [0, 0.05) is 18.6 Å². The molecule has 0 aliphatic rings. The second kappa shape index (κ2) is 21.7. The van der Waals surface area contributed by atoms with Crippen molar-refractivity contribution in [2.24, 2.45) is 11.7 Å². The van der Waals surface area contributed by atoms with E-state index >= 15 is 0 Å². The number of carboxylic acids is 1. The van der Waals surface area contributed by atoms with Crippen molar-refractivity contribution in [3.8, 4) is 0 Å². The molecule has 10 N–H and O–H groups in total. The standard InChI is InChI=1S/C36H46N8O10/c1-20(2)30(32(37)49)43-34(51)22(4)41-35(52)31(24-13-9-6-10-14-24)44-33(50)21(3)40-27(46)16-15-26(45)38-18-28(47)39-19-29(48)42-25(36(53)54)17-23-11-7-5-8-12-23/h5-16,20-22,25,30-31H,17-19H2,1-4H3,(H2,37,49)(H,38,45)(H,39,47)(H,40,46)(H,41,52)(H,42,48)(H,43,51)(H,44,50)(H,53,54). The first-order chi connectivity index (χ1) is 25.5. The lowest BCUT2D eigenvalue weighted by atomic mass is 10.0. The normalized spacial score (nSPS) is 13.6. The third kappa shape index (κ3) is 15.3. The van der Waals surface area contributed by atoms with E-state index in [1.165, 1.54) is 13.8 Å². The molecule has 0 aromatic heterocycles. The Balaban J connectivity index is 1.86. The molecule has 0 aliphatic heterocycles. The van der Waals surface area contributed by atoms with E-state index in [1.54, 1.807) is 74.5 Å². The van der Waals surface area contributed by atoms with E-state index in [4.69, 9.17) is 5.73 Å². The molecule has 0 radical (unpaired) electrons. The minimum absolute atomic E-state index is 0.0299. The first-order valence-corrected chi connectivity index (χ1v) is 16.8. The number of nitrogens with two attached hydrogens (primary N) is 1. The van der Waals surface area contributed by atoms with Crippen LogP contribution < -0.4 is 43.0 Å². The van der Waals surface area contributed by atoms with Gasteiger partial charge in [-0.1, -0.05) is 74.5 Å². The molecule has 0 spiro atoms. The molecule has 18 nitrogen and oxygen atoms in total. The summed E-state index contributed by atoms with van der Waals surface area (Å²) in [5.74, 6) is -7.78. The van der Waals surface area contributed by atoms with Crippen LogP contribution in [0.25, 0.3) is 0 Å². The van der Waals surface area contributed by atoms with Crippen molar-refractivity contribution < 1.29 is 48.3 Å². The van der Waals surface area contributed by atoms with E-state index < -0.39 is 96.5 Å². The molecule has 8 amide bonds. The SMILES string of the molecule is CC(NC(=O)C=CC(=O)NCC(=O)NCC(=O)NC(Cc1ccccc1)C(=O)O)C(=O)NC(C(=O)NC(C)C(=O)NC(C(N)=O)C(C)C)c1ccccc1. The molecule has 0 saturated carbocycles. The van der Waals surface area contributed by atoms with Crippen LogP contribution in [0.2, 0.25) is 0 Å². The number of aliphatic carboxylic acids is 1. The molecule has 18 heteroatoms. The average molecular weight is 751 g/mol. The van der Waals surface area contributed by atoms with Gasteiger partial charge in [-0.15, -0.1) is 0 Å². The maximum absolute atomic E-state index is 13.3. The molecular formula is C36H46N8O10. The second-order valence-electron chi connectivity index (χ2n) is 12.4. The van der Waals surface area contributed by atoms with Crippen molar-refractivity contribution in [2.45, 2.75) is 64.3 Å². The third-order valence-electron chi connectivity index (χ3n) is 7.63. The summed E-state index contributed by atoms with van der Waals surface area (Å²) in [6, 6.07) is 10.9. The lowest BCUT2D eigenvalue weighted by Gasteiger charge is -2.25. The largest absolute Gasteiger partial charge is 0.480 e. The first kappa shape index (κ1) is 43.6. The quantitative estimate of drug-likeness (QED) is 0.0677. The summed E-state index contributed by atoms with van der Waals surface area (Å²) in [5.41, 5.74) is 6.41. The lowest BCUT2D eigenvalue weighted by molar-refractivity contribution is -0.141. The number of carboxylic acid groups (broad SMARTS) is 1. The summed E-state index contributed by atoms with van der Waals surface area (Å²) >= 11 is 0. The third-order valence-corrected chi connectivity index (χ3v) is 7.63. The second-order valence-corrected chi connectivity index (χ2v) is 12.4. The molecule has 5 unspecified atom stereocenters. The summed E-state index contributed by atoms with van der Waals surface area (Å²) < 4.78 is 0. The van der Waals surface area contributed by atoms with Crippen LogP contribution in [-0.4, -0.2) is 95.6 Å². The van der Waals surface area contributed by atoms with Crippen molar-refractivity contribution in [2.75, 3.05) is 13.1 Å². The van der Waals surface area contributed by atoms with Gasteiger partial charge in [0.25, 0.3) is 0 Å². The zero-order valence-corrected chi connectivity index (χ0v) is 30.2. The fraction of sp³-hybridized carbons (Fsp3) is 0.361. The monoisotopic (exact) mass is 750 g/mol. The highest BCUT2D eigenvalue weighted by Gasteiger charge is 2.30. The summed E-state index contributed by atoms with van der Waals surface area (Å²) in [6.07, 6.45) is 1.64. The Labute approximate surface area is 311 Å². The van der Waals surface area contributed by atoms with E-state index in [0.717, 1.165) is 12.2 Å². The van der Waals surface area contributed by atoms with Gasteiger partial charge in [0.2, 0.25) is 47.3 Å². The Hall–Kier alpha value is -6.59. The van der Waals surface area contributed by atoms with Gasteiger partial charge >= 0.3 is 5.97 Å². The number of rotatable bonds is 20. The van der Waals surface area contributed by atoms with Gasteiger partial charge in [0.1, 0.15) is 30.2 Å². The smallest absolute Gasteiger partial charge is 0.326 e. The summed E-state index contributed by atoms with van der Waals surface area (Å²) in [6.45, 7) is 4.97. The Morgan fingerprint density at radius 2 is 1.17 bits per heavy atom. The van der Waals surface area contributed by atoms with Gasteiger partial charge < -0.3 is 48.1 Å². The molecule has 2 aromatic carbocycles. The van der Waals surface area contributed by atoms with Crippen LogP contribution in [0.3, 0.4) is 0 Å². The van der Waals surface area contributed by atoms with Crippen molar-refractivity contribution in [3.63, 3.8) is 0 Å². The number of carbonyl (C=O) groups excluding carboxylic acids is 8. The van der Waals surface area contributed by atoms with Gasteiger partial charge in [-0.25, -0.2) is 4.79 Å². The van der Waals surface area contributed by atoms with Crippen LogP contribution in [0.1, 0.15) is 44.9 Å².